The standard InChI is InChI=1S/C21H24ClNO6/c1-26-17-10-15(11-18(27-2)21(17)28-3)12-20(25)29-13-19(24)23-8-7-14-5-4-6-16(22)9-14/h4-6,9-11H,7-8,12-13H2,1-3H3,(H,23,24). The van der Waals surface area contributed by atoms with Crippen LogP contribution in [0.5, 0.6) is 17.2 Å². The number of halogens is 1. The number of benzene rings is 2. The molecule has 7 nitrogen and oxygen atoms in total. The van der Waals surface area contributed by atoms with E-state index in [9.17, 15) is 9.59 Å². The normalized spacial score (nSPS) is 10.2. The molecule has 29 heavy (non-hydrogen) atoms. The Morgan fingerprint density at radius 3 is 2.24 bits per heavy atom. The van der Waals surface area contributed by atoms with Gasteiger partial charge in [0.15, 0.2) is 18.1 Å². The van der Waals surface area contributed by atoms with Crippen molar-refractivity contribution >= 4 is 23.5 Å². The summed E-state index contributed by atoms with van der Waals surface area (Å²) in [5, 5.41) is 3.35. The van der Waals surface area contributed by atoms with Crippen LogP contribution in [0, 0.1) is 0 Å². The zero-order valence-electron chi connectivity index (χ0n) is 16.6. The number of nitrogens with one attached hydrogen (secondary N) is 1. The average molecular weight is 422 g/mol. The molecule has 0 heterocycles. The molecule has 0 saturated heterocycles. The second-order valence-electron chi connectivity index (χ2n) is 6.10. The van der Waals surface area contributed by atoms with E-state index in [2.05, 4.69) is 5.32 Å². The zero-order chi connectivity index (χ0) is 21.2. The van der Waals surface area contributed by atoms with Crippen molar-refractivity contribution in [1.82, 2.24) is 5.32 Å². The number of esters is 1. The Hall–Kier alpha value is -2.93. The van der Waals surface area contributed by atoms with Gasteiger partial charge in [0.05, 0.1) is 27.8 Å². The Morgan fingerprint density at radius 1 is 0.966 bits per heavy atom. The summed E-state index contributed by atoms with van der Waals surface area (Å²) in [6.07, 6.45) is 0.595. The first-order valence-corrected chi connectivity index (χ1v) is 9.30. The molecule has 0 aliphatic heterocycles. The predicted octanol–water partition coefficient (Wildman–Crippen LogP) is 2.81. The second kappa shape index (κ2) is 11.2. The van der Waals surface area contributed by atoms with Crippen LogP contribution in [0.1, 0.15) is 11.1 Å². The third-order valence-corrected chi connectivity index (χ3v) is 4.30. The number of carbonyl (C=O) groups is 2. The number of carbonyl (C=O) groups excluding carboxylic acids is 2. The highest BCUT2D eigenvalue weighted by Gasteiger charge is 2.16. The van der Waals surface area contributed by atoms with Gasteiger partial charge >= 0.3 is 5.97 Å². The van der Waals surface area contributed by atoms with Gasteiger partial charge in [-0.1, -0.05) is 23.7 Å². The van der Waals surface area contributed by atoms with Crippen LogP contribution in [-0.4, -0.2) is 46.4 Å². The van der Waals surface area contributed by atoms with E-state index in [1.54, 1.807) is 18.2 Å². The van der Waals surface area contributed by atoms with Gasteiger partial charge in [0.1, 0.15) is 0 Å². The van der Waals surface area contributed by atoms with Crippen LogP contribution in [0.4, 0.5) is 0 Å². The van der Waals surface area contributed by atoms with Gasteiger partial charge in [-0.2, -0.15) is 0 Å². The molecule has 2 rings (SSSR count). The summed E-state index contributed by atoms with van der Waals surface area (Å²) in [5.74, 6) is 0.405. The molecule has 0 spiro atoms. The molecule has 0 saturated carbocycles. The van der Waals surface area contributed by atoms with Gasteiger partial charge in [-0.3, -0.25) is 9.59 Å². The Kier molecular flexibility index (Phi) is 8.61. The largest absolute Gasteiger partial charge is 0.493 e. The first-order chi connectivity index (χ1) is 14.0. The summed E-state index contributed by atoms with van der Waals surface area (Å²) in [6, 6.07) is 10.7. The molecule has 1 amide bonds. The minimum Gasteiger partial charge on any atom is -0.493 e. The fourth-order valence-corrected chi connectivity index (χ4v) is 2.90. The molecule has 0 bridgehead atoms. The van der Waals surface area contributed by atoms with E-state index in [0.717, 1.165) is 5.56 Å². The highest BCUT2D eigenvalue weighted by atomic mass is 35.5. The van der Waals surface area contributed by atoms with Crippen LogP contribution in [-0.2, 0) is 27.2 Å². The van der Waals surface area contributed by atoms with Crippen LogP contribution >= 0.6 is 11.6 Å². The van der Waals surface area contributed by atoms with Crippen molar-refractivity contribution in [2.75, 3.05) is 34.5 Å². The molecule has 0 radical (unpaired) electrons. The van der Waals surface area contributed by atoms with E-state index < -0.39 is 5.97 Å². The Morgan fingerprint density at radius 2 is 1.66 bits per heavy atom. The molecule has 0 fully saturated rings. The van der Waals surface area contributed by atoms with E-state index in [4.69, 9.17) is 30.5 Å². The molecule has 1 N–H and O–H groups in total. The summed E-state index contributed by atoms with van der Waals surface area (Å²) >= 11 is 5.92. The molecule has 2 aromatic rings. The predicted molar refractivity (Wildman–Crippen MR) is 109 cm³/mol. The average Bonchev–Trinajstić information content (AvgIpc) is 2.71. The van der Waals surface area contributed by atoms with Crippen molar-refractivity contribution in [3.63, 3.8) is 0 Å². The van der Waals surface area contributed by atoms with Crippen molar-refractivity contribution in [2.24, 2.45) is 0 Å². The molecule has 2 aromatic carbocycles. The highest BCUT2D eigenvalue weighted by molar-refractivity contribution is 6.30. The number of methoxy groups -OCH3 is 3. The maximum atomic E-state index is 12.1. The smallest absolute Gasteiger partial charge is 0.310 e. The fourth-order valence-electron chi connectivity index (χ4n) is 2.69. The quantitative estimate of drug-likeness (QED) is 0.594. The summed E-state index contributed by atoms with van der Waals surface area (Å²) in [7, 11) is 4.49. The number of hydrogen-bond acceptors (Lipinski definition) is 6. The van der Waals surface area contributed by atoms with Gasteiger partial charge in [0.2, 0.25) is 5.75 Å². The van der Waals surface area contributed by atoms with Gasteiger partial charge < -0.3 is 24.3 Å². The van der Waals surface area contributed by atoms with Crippen molar-refractivity contribution in [3.05, 3.63) is 52.5 Å². The topological polar surface area (TPSA) is 83.1 Å². The van der Waals surface area contributed by atoms with Crippen LogP contribution < -0.4 is 19.5 Å². The summed E-state index contributed by atoms with van der Waals surface area (Å²) in [4.78, 5) is 23.9. The Balaban J connectivity index is 1.81. The lowest BCUT2D eigenvalue weighted by Gasteiger charge is -2.14. The van der Waals surface area contributed by atoms with Crippen LogP contribution in [0.3, 0.4) is 0 Å². The van der Waals surface area contributed by atoms with E-state index in [1.165, 1.54) is 21.3 Å². The van der Waals surface area contributed by atoms with E-state index in [0.29, 0.717) is 40.8 Å². The fraction of sp³-hybridized carbons (Fsp3) is 0.333. The van der Waals surface area contributed by atoms with Gasteiger partial charge in [-0.15, -0.1) is 0 Å². The van der Waals surface area contributed by atoms with E-state index in [1.807, 2.05) is 18.2 Å². The number of rotatable bonds is 10. The van der Waals surface area contributed by atoms with E-state index >= 15 is 0 Å². The summed E-state index contributed by atoms with van der Waals surface area (Å²) in [5.41, 5.74) is 1.63. The lowest BCUT2D eigenvalue weighted by atomic mass is 10.1. The van der Waals surface area contributed by atoms with Gasteiger partial charge in [0.25, 0.3) is 5.91 Å². The number of ether oxygens (including phenoxy) is 4. The lowest BCUT2D eigenvalue weighted by molar-refractivity contribution is -0.147. The molecule has 0 aliphatic carbocycles. The first kappa shape index (κ1) is 22.4. The SMILES string of the molecule is COc1cc(CC(=O)OCC(=O)NCCc2cccc(Cl)c2)cc(OC)c1OC. The van der Waals surface area contributed by atoms with Crippen molar-refractivity contribution < 1.29 is 28.5 Å². The van der Waals surface area contributed by atoms with Crippen molar-refractivity contribution in [1.29, 1.82) is 0 Å². The first-order valence-electron chi connectivity index (χ1n) is 8.92. The zero-order valence-corrected chi connectivity index (χ0v) is 17.4. The van der Waals surface area contributed by atoms with Crippen LogP contribution in [0.25, 0.3) is 0 Å². The maximum Gasteiger partial charge on any atom is 0.310 e. The molecule has 0 aliphatic rings. The minimum absolute atomic E-state index is 0.0352. The summed E-state index contributed by atoms with van der Waals surface area (Å²) < 4.78 is 20.8. The maximum absolute atomic E-state index is 12.1. The Labute approximate surface area is 174 Å². The van der Waals surface area contributed by atoms with Crippen LogP contribution in [0.2, 0.25) is 5.02 Å². The minimum atomic E-state index is -0.538. The van der Waals surface area contributed by atoms with Gasteiger partial charge in [0, 0.05) is 11.6 Å². The number of amides is 1. The number of hydrogen-bond donors (Lipinski definition) is 1. The molecule has 156 valence electrons. The third kappa shape index (κ3) is 6.87. The molecule has 0 atom stereocenters. The Bertz CT molecular complexity index is 830. The second-order valence-corrected chi connectivity index (χ2v) is 6.54. The lowest BCUT2D eigenvalue weighted by Crippen LogP contribution is -2.30. The molecule has 8 heteroatoms. The van der Waals surface area contributed by atoms with Gasteiger partial charge in [-0.05, 0) is 41.8 Å². The highest BCUT2D eigenvalue weighted by Crippen LogP contribution is 2.38. The monoisotopic (exact) mass is 421 g/mol. The van der Waals surface area contributed by atoms with Crippen molar-refractivity contribution in [2.45, 2.75) is 12.8 Å². The molecular formula is C21H24ClNO6. The van der Waals surface area contributed by atoms with Gasteiger partial charge in [-0.25, -0.2) is 0 Å². The van der Waals surface area contributed by atoms with Crippen molar-refractivity contribution in [3.8, 4) is 17.2 Å². The third-order valence-electron chi connectivity index (χ3n) is 4.06. The van der Waals surface area contributed by atoms with E-state index in [-0.39, 0.29) is 18.9 Å². The summed E-state index contributed by atoms with van der Waals surface area (Å²) in [6.45, 7) is 0.0718. The molecule has 0 unspecified atom stereocenters. The molecule has 0 aromatic heterocycles. The van der Waals surface area contributed by atoms with Crippen LogP contribution in [0.15, 0.2) is 36.4 Å². The molecular weight excluding hydrogens is 398 g/mol.